The predicted molar refractivity (Wildman–Crippen MR) is 76.8 cm³/mol. The van der Waals surface area contributed by atoms with Gasteiger partial charge in [-0.1, -0.05) is 26.0 Å². The number of carbonyl (C=O) groups excluding carboxylic acids is 1. The van der Waals surface area contributed by atoms with Crippen LogP contribution in [0.3, 0.4) is 0 Å². The number of hydrogen-bond donors (Lipinski definition) is 1. The van der Waals surface area contributed by atoms with Gasteiger partial charge >= 0.3 is 5.97 Å². The molecule has 20 heavy (non-hydrogen) atoms. The first-order chi connectivity index (χ1) is 9.49. The van der Waals surface area contributed by atoms with Crippen LogP contribution in [0.5, 0.6) is 0 Å². The van der Waals surface area contributed by atoms with Crippen molar-refractivity contribution in [1.29, 1.82) is 0 Å². The van der Waals surface area contributed by atoms with Crippen molar-refractivity contribution < 1.29 is 14.7 Å². The summed E-state index contributed by atoms with van der Waals surface area (Å²) in [4.78, 5) is 24.7. The summed E-state index contributed by atoms with van der Waals surface area (Å²) < 4.78 is 0. The van der Waals surface area contributed by atoms with E-state index in [1.165, 1.54) is 5.56 Å². The highest BCUT2D eigenvalue weighted by Gasteiger charge is 2.25. The molecule has 1 amide bonds. The summed E-state index contributed by atoms with van der Waals surface area (Å²) in [6, 6.07) is 7.11. The van der Waals surface area contributed by atoms with E-state index in [-0.39, 0.29) is 11.8 Å². The lowest BCUT2D eigenvalue weighted by Crippen LogP contribution is -2.40. The van der Waals surface area contributed by atoms with Crippen LogP contribution in [0.25, 0.3) is 0 Å². The highest BCUT2D eigenvalue weighted by atomic mass is 16.4. The van der Waals surface area contributed by atoms with Crippen molar-refractivity contribution >= 4 is 11.9 Å². The smallest absolute Gasteiger partial charge is 0.335 e. The molecule has 0 unspecified atom stereocenters. The summed E-state index contributed by atoms with van der Waals surface area (Å²) in [5.41, 5.74) is 1.49. The molecular formula is C16H21NO3. The Hall–Kier alpha value is -1.84. The van der Waals surface area contributed by atoms with Crippen molar-refractivity contribution in [2.75, 3.05) is 13.1 Å². The topological polar surface area (TPSA) is 57.6 Å². The molecule has 1 aromatic rings. The van der Waals surface area contributed by atoms with Gasteiger partial charge in [0.05, 0.1) is 5.56 Å². The Morgan fingerprint density at radius 3 is 2.15 bits per heavy atom. The average Bonchev–Trinajstić information content (AvgIpc) is 2.46. The van der Waals surface area contributed by atoms with Gasteiger partial charge in [-0.2, -0.15) is 0 Å². The van der Waals surface area contributed by atoms with Crippen LogP contribution in [-0.4, -0.2) is 35.0 Å². The van der Waals surface area contributed by atoms with Crippen LogP contribution in [0.15, 0.2) is 24.3 Å². The largest absolute Gasteiger partial charge is 0.478 e. The van der Waals surface area contributed by atoms with Gasteiger partial charge in [-0.05, 0) is 36.5 Å². The summed E-state index contributed by atoms with van der Waals surface area (Å²) in [6.45, 7) is 5.45. The van der Waals surface area contributed by atoms with Crippen molar-refractivity contribution in [1.82, 2.24) is 4.90 Å². The second-order valence-electron chi connectivity index (χ2n) is 5.68. The molecule has 1 aromatic carbocycles. The number of likely N-dealkylation sites (tertiary alicyclic amines) is 1. The first kappa shape index (κ1) is 14.6. The zero-order valence-corrected chi connectivity index (χ0v) is 12.0. The van der Waals surface area contributed by atoms with Crippen LogP contribution < -0.4 is 0 Å². The van der Waals surface area contributed by atoms with Crippen LogP contribution in [0.2, 0.25) is 0 Å². The molecular weight excluding hydrogens is 254 g/mol. The number of carboxylic acid groups (broad SMARTS) is 1. The quantitative estimate of drug-likeness (QED) is 0.922. The number of nitrogens with zero attached hydrogens (tertiary/aromatic N) is 1. The molecule has 1 aliphatic rings. The van der Waals surface area contributed by atoms with Gasteiger partial charge < -0.3 is 10.0 Å². The molecule has 1 heterocycles. The van der Waals surface area contributed by atoms with Crippen molar-refractivity contribution in [3.05, 3.63) is 35.4 Å². The Morgan fingerprint density at radius 1 is 1.15 bits per heavy atom. The second-order valence-corrected chi connectivity index (χ2v) is 5.68. The standard InChI is InChI=1S/C16H21NO3/c1-11(2)15(18)17-9-7-13(8-10-17)12-3-5-14(6-4-12)16(19)20/h3-6,11,13H,7-10H2,1-2H3,(H,19,20). The third kappa shape index (κ3) is 3.18. The Kier molecular flexibility index (Phi) is 4.42. The molecule has 1 aliphatic heterocycles. The summed E-state index contributed by atoms with van der Waals surface area (Å²) >= 11 is 0. The second kappa shape index (κ2) is 6.07. The van der Waals surface area contributed by atoms with E-state index in [4.69, 9.17) is 5.11 Å². The van der Waals surface area contributed by atoms with Crippen LogP contribution >= 0.6 is 0 Å². The minimum atomic E-state index is -0.895. The maximum atomic E-state index is 11.9. The minimum absolute atomic E-state index is 0.0569. The van der Waals surface area contributed by atoms with Gasteiger partial charge in [0.15, 0.2) is 0 Å². The highest BCUT2D eigenvalue weighted by molar-refractivity contribution is 5.87. The normalized spacial score (nSPS) is 16.4. The maximum absolute atomic E-state index is 11.9. The van der Waals surface area contributed by atoms with E-state index in [9.17, 15) is 9.59 Å². The average molecular weight is 275 g/mol. The summed E-state index contributed by atoms with van der Waals surface area (Å²) in [5, 5.41) is 8.89. The molecule has 0 aliphatic carbocycles. The van der Waals surface area contributed by atoms with Gasteiger partial charge in [-0.15, -0.1) is 0 Å². The van der Waals surface area contributed by atoms with Crippen molar-refractivity contribution in [3.8, 4) is 0 Å². The number of benzene rings is 1. The van der Waals surface area contributed by atoms with E-state index in [1.54, 1.807) is 12.1 Å². The molecule has 1 saturated heterocycles. The van der Waals surface area contributed by atoms with E-state index in [0.717, 1.165) is 25.9 Å². The fraction of sp³-hybridized carbons (Fsp3) is 0.500. The monoisotopic (exact) mass is 275 g/mol. The van der Waals surface area contributed by atoms with E-state index < -0.39 is 5.97 Å². The van der Waals surface area contributed by atoms with Gasteiger partial charge in [0.25, 0.3) is 0 Å². The summed E-state index contributed by atoms with van der Waals surface area (Å²) in [6.07, 6.45) is 1.90. The van der Waals surface area contributed by atoms with Crippen molar-refractivity contribution in [3.63, 3.8) is 0 Å². The number of carbonyl (C=O) groups is 2. The lowest BCUT2D eigenvalue weighted by Gasteiger charge is -2.33. The van der Waals surface area contributed by atoms with Crippen molar-refractivity contribution in [2.24, 2.45) is 5.92 Å². The first-order valence-electron chi connectivity index (χ1n) is 7.11. The third-order valence-electron chi connectivity index (χ3n) is 3.93. The molecule has 0 radical (unpaired) electrons. The SMILES string of the molecule is CC(C)C(=O)N1CCC(c2ccc(C(=O)O)cc2)CC1. The molecule has 0 aromatic heterocycles. The summed E-state index contributed by atoms with van der Waals surface area (Å²) in [7, 11) is 0. The van der Waals surface area contributed by atoms with Crippen LogP contribution in [0.4, 0.5) is 0 Å². The Bertz CT molecular complexity index is 485. The zero-order chi connectivity index (χ0) is 14.7. The van der Waals surface area contributed by atoms with Crippen molar-refractivity contribution in [2.45, 2.75) is 32.6 Å². The number of hydrogen-bond acceptors (Lipinski definition) is 2. The number of rotatable bonds is 3. The number of carboxylic acids is 1. The van der Waals surface area contributed by atoms with E-state index in [1.807, 2.05) is 30.9 Å². The fourth-order valence-corrected chi connectivity index (χ4v) is 2.70. The lowest BCUT2D eigenvalue weighted by atomic mass is 9.88. The fourth-order valence-electron chi connectivity index (χ4n) is 2.70. The van der Waals surface area contributed by atoms with Gasteiger partial charge in [-0.25, -0.2) is 4.79 Å². The van der Waals surface area contributed by atoms with Gasteiger partial charge in [0.2, 0.25) is 5.91 Å². The molecule has 108 valence electrons. The molecule has 1 fully saturated rings. The molecule has 0 spiro atoms. The number of piperidine rings is 1. The Labute approximate surface area is 119 Å². The molecule has 1 N–H and O–H groups in total. The first-order valence-corrected chi connectivity index (χ1v) is 7.11. The van der Waals surface area contributed by atoms with E-state index in [0.29, 0.717) is 11.5 Å². The van der Waals surface area contributed by atoms with Gasteiger partial charge in [0.1, 0.15) is 0 Å². The molecule has 0 saturated carbocycles. The van der Waals surface area contributed by atoms with Crippen LogP contribution in [0, 0.1) is 5.92 Å². The third-order valence-corrected chi connectivity index (χ3v) is 3.93. The van der Waals surface area contributed by atoms with Gasteiger partial charge in [0, 0.05) is 19.0 Å². The number of aromatic carboxylic acids is 1. The molecule has 4 heteroatoms. The summed E-state index contributed by atoms with van der Waals surface area (Å²) in [5.74, 6) is -0.186. The predicted octanol–water partition coefficient (Wildman–Crippen LogP) is 2.75. The van der Waals surface area contributed by atoms with Gasteiger partial charge in [-0.3, -0.25) is 4.79 Å². The maximum Gasteiger partial charge on any atom is 0.335 e. The zero-order valence-electron chi connectivity index (χ0n) is 12.0. The molecule has 0 atom stereocenters. The lowest BCUT2D eigenvalue weighted by molar-refractivity contribution is -0.135. The van der Waals surface area contributed by atoms with Crippen LogP contribution in [0.1, 0.15) is 48.5 Å². The molecule has 4 nitrogen and oxygen atoms in total. The minimum Gasteiger partial charge on any atom is -0.478 e. The highest BCUT2D eigenvalue weighted by Crippen LogP contribution is 2.28. The Morgan fingerprint density at radius 2 is 1.70 bits per heavy atom. The Balaban J connectivity index is 1.97. The van der Waals surface area contributed by atoms with Crippen LogP contribution in [-0.2, 0) is 4.79 Å². The van der Waals surface area contributed by atoms with E-state index >= 15 is 0 Å². The van der Waals surface area contributed by atoms with E-state index in [2.05, 4.69) is 0 Å². The molecule has 2 rings (SSSR count). The molecule has 0 bridgehead atoms. The number of amides is 1.